The average molecular weight is 522 g/mol. The van der Waals surface area contributed by atoms with Gasteiger partial charge in [-0.15, -0.1) is 10.2 Å². The molecule has 2 atom stereocenters. The van der Waals surface area contributed by atoms with E-state index in [0.717, 1.165) is 6.07 Å². The van der Waals surface area contributed by atoms with Gasteiger partial charge in [-0.1, -0.05) is 0 Å². The highest BCUT2D eigenvalue weighted by Crippen LogP contribution is 2.35. The molecule has 196 valence electrons. The lowest BCUT2D eigenvalue weighted by molar-refractivity contribution is -0.244. The zero-order chi connectivity index (χ0) is 26.4. The van der Waals surface area contributed by atoms with Crippen molar-refractivity contribution >= 4 is 12.0 Å². The fraction of sp³-hybridized carbons (Fsp3) is 0.524. The van der Waals surface area contributed by atoms with E-state index in [2.05, 4.69) is 20.3 Å². The molecule has 2 aliphatic heterocycles. The van der Waals surface area contributed by atoms with Crippen LogP contribution in [0.3, 0.4) is 0 Å². The van der Waals surface area contributed by atoms with Crippen LogP contribution in [0.15, 0.2) is 16.5 Å². The molecule has 3 heterocycles. The van der Waals surface area contributed by atoms with Gasteiger partial charge in [-0.05, 0) is 32.4 Å². The van der Waals surface area contributed by atoms with E-state index in [0.29, 0.717) is 13.8 Å². The molecule has 0 saturated carbocycles. The van der Waals surface area contributed by atoms with E-state index < -0.39 is 59.9 Å². The number of carbonyl (C=O) groups is 2. The van der Waals surface area contributed by atoms with Crippen LogP contribution in [0.1, 0.15) is 48.5 Å². The van der Waals surface area contributed by atoms with Crippen molar-refractivity contribution in [2.45, 2.75) is 57.1 Å². The van der Waals surface area contributed by atoms with Crippen LogP contribution >= 0.6 is 0 Å². The summed E-state index contributed by atoms with van der Waals surface area (Å²) < 4.78 is 94.3. The number of hydrogen-bond donors (Lipinski definition) is 1. The van der Waals surface area contributed by atoms with Crippen molar-refractivity contribution in [1.29, 1.82) is 0 Å². The van der Waals surface area contributed by atoms with Gasteiger partial charge in [0.2, 0.25) is 11.5 Å². The maximum atomic E-state index is 14.9. The molecule has 4 rings (SSSR count). The third-order valence-electron chi connectivity index (χ3n) is 5.94. The normalized spacial score (nSPS) is 20.6. The number of nitrogens with zero attached hydrogens (tertiary/aromatic N) is 3. The molecule has 0 bridgehead atoms. The number of carbonyl (C=O) groups excluding carboxylic acids is 2. The van der Waals surface area contributed by atoms with Crippen LogP contribution in [0.4, 0.5) is 31.1 Å². The number of nitrogens with one attached hydrogen (secondary N) is 1. The highest BCUT2D eigenvalue weighted by molar-refractivity contribution is 5.99. The molecule has 1 N–H and O–H groups in total. The summed E-state index contributed by atoms with van der Waals surface area (Å²) in [5.41, 5.74) is -2.91. The van der Waals surface area contributed by atoms with E-state index in [4.69, 9.17) is 9.15 Å². The van der Waals surface area contributed by atoms with Crippen molar-refractivity contribution in [3.8, 4) is 11.5 Å². The Morgan fingerprint density at radius 2 is 1.97 bits per heavy atom. The van der Waals surface area contributed by atoms with Gasteiger partial charge in [0.1, 0.15) is 5.82 Å². The Morgan fingerprint density at radius 3 is 2.61 bits per heavy atom. The lowest BCUT2D eigenvalue weighted by Crippen LogP contribution is -2.58. The first-order chi connectivity index (χ1) is 16.8. The van der Waals surface area contributed by atoms with Gasteiger partial charge in [0.25, 0.3) is 11.8 Å². The molecule has 1 fully saturated rings. The van der Waals surface area contributed by atoms with Gasteiger partial charge in [-0.2, -0.15) is 22.0 Å². The summed E-state index contributed by atoms with van der Waals surface area (Å²) in [4.78, 5) is 26.6. The van der Waals surface area contributed by atoms with E-state index in [9.17, 15) is 35.9 Å². The minimum Gasteiger partial charge on any atom is -0.434 e. The summed E-state index contributed by atoms with van der Waals surface area (Å²) in [6, 6.07) is 0.498. The monoisotopic (exact) mass is 522 g/mol. The summed E-state index contributed by atoms with van der Waals surface area (Å²) in [7, 11) is 0. The molecule has 2 aliphatic rings. The van der Waals surface area contributed by atoms with Crippen molar-refractivity contribution in [1.82, 2.24) is 20.4 Å². The van der Waals surface area contributed by atoms with Gasteiger partial charge in [-0.25, -0.2) is 9.18 Å². The number of fused-ring (bicyclic) bond motifs is 1. The second-order valence-electron chi connectivity index (χ2n) is 8.74. The van der Waals surface area contributed by atoms with Crippen LogP contribution < -0.4 is 5.32 Å². The highest BCUT2D eigenvalue weighted by atomic mass is 19.4. The molecule has 0 radical (unpaired) electrons. The fourth-order valence-electron chi connectivity index (χ4n) is 3.92. The molecule has 1 aromatic carbocycles. The molecule has 0 aliphatic carbocycles. The molecule has 0 spiro atoms. The summed E-state index contributed by atoms with van der Waals surface area (Å²) >= 11 is 0. The van der Waals surface area contributed by atoms with Crippen LogP contribution in [0, 0.1) is 5.82 Å². The molecule has 9 nitrogen and oxygen atoms in total. The summed E-state index contributed by atoms with van der Waals surface area (Å²) in [6.45, 7) is 1.24. The largest absolute Gasteiger partial charge is 0.434 e. The Hall–Kier alpha value is -3.36. The van der Waals surface area contributed by atoms with E-state index in [1.807, 2.05) is 0 Å². The number of hydrogen-bond acceptors (Lipinski definition) is 7. The van der Waals surface area contributed by atoms with Gasteiger partial charge < -0.3 is 24.1 Å². The summed E-state index contributed by atoms with van der Waals surface area (Å²) in [6.07, 6.45) is -9.01. The number of aromatic nitrogens is 2. The number of amides is 2. The molecule has 2 aromatic rings. The van der Waals surface area contributed by atoms with Crippen molar-refractivity contribution in [2.24, 2.45) is 0 Å². The maximum Gasteiger partial charge on any atom is 0.427 e. The third-order valence-corrected chi connectivity index (χ3v) is 5.94. The predicted molar refractivity (Wildman–Crippen MR) is 107 cm³/mol. The summed E-state index contributed by atoms with van der Waals surface area (Å²) in [5, 5.41) is 8.94. The smallest absolute Gasteiger partial charge is 0.427 e. The Kier molecular flexibility index (Phi) is 6.62. The molecular formula is C21H20F6N4O5. The first-order valence-electron chi connectivity index (χ1n) is 10.7. The van der Waals surface area contributed by atoms with Crippen molar-refractivity contribution in [3.05, 3.63) is 35.0 Å². The minimum absolute atomic E-state index is 0.0170. The molecule has 0 unspecified atom stereocenters. The average Bonchev–Trinajstić information content (AvgIpc) is 3.39. The standard InChI is InChI=1S/C21H20F6N4O5/c1-20(2,21(25,26)27)36-19(33)28-13-8-34-4-3-14(13)31-7-11-10(18(31)32)5-9(6-12(11)22)16-29-30-17(35-16)15(23)24/h5-6,13-15H,3-4,7-8H2,1-2H3,(H,28,33)/t13-,14-/m1/s1. The van der Waals surface area contributed by atoms with Gasteiger partial charge in [0.05, 0.1) is 25.2 Å². The van der Waals surface area contributed by atoms with Crippen molar-refractivity contribution in [3.63, 3.8) is 0 Å². The third kappa shape index (κ3) is 4.83. The van der Waals surface area contributed by atoms with Crippen LogP contribution in [0.25, 0.3) is 11.5 Å². The van der Waals surface area contributed by atoms with Gasteiger partial charge in [-0.3, -0.25) is 4.79 Å². The highest BCUT2D eigenvalue weighted by Gasteiger charge is 2.51. The predicted octanol–water partition coefficient (Wildman–Crippen LogP) is 3.99. The molecule has 1 aromatic heterocycles. The zero-order valence-corrected chi connectivity index (χ0v) is 18.9. The Balaban J connectivity index is 1.54. The van der Waals surface area contributed by atoms with Crippen LogP contribution in [0.2, 0.25) is 0 Å². The van der Waals surface area contributed by atoms with Gasteiger partial charge in [0.15, 0.2) is 0 Å². The maximum absolute atomic E-state index is 14.9. The lowest BCUT2D eigenvalue weighted by atomic mass is 10.0. The first kappa shape index (κ1) is 25.7. The summed E-state index contributed by atoms with van der Waals surface area (Å²) in [5.74, 6) is -2.82. The number of alkyl carbamates (subject to hydrolysis) is 1. The Morgan fingerprint density at radius 1 is 1.25 bits per heavy atom. The van der Waals surface area contributed by atoms with Gasteiger partial charge in [0, 0.05) is 23.3 Å². The topological polar surface area (TPSA) is 107 Å². The number of rotatable bonds is 5. The SMILES string of the molecule is CC(C)(OC(=O)N[C@@H]1COCC[C@H]1N1Cc2c(F)cc(-c3nnc(C(F)F)o3)cc2C1=O)C(F)(F)F. The van der Waals surface area contributed by atoms with E-state index >= 15 is 0 Å². The molecule has 1 saturated heterocycles. The number of halogens is 6. The van der Waals surface area contributed by atoms with Gasteiger partial charge >= 0.3 is 18.7 Å². The molecular weight excluding hydrogens is 502 g/mol. The van der Waals surface area contributed by atoms with Crippen LogP contribution in [0.5, 0.6) is 0 Å². The first-order valence-corrected chi connectivity index (χ1v) is 10.7. The van der Waals surface area contributed by atoms with Crippen LogP contribution in [-0.2, 0) is 16.0 Å². The quantitative estimate of drug-likeness (QED) is 0.592. The van der Waals surface area contributed by atoms with E-state index in [-0.39, 0.29) is 42.9 Å². The zero-order valence-electron chi connectivity index (χ0n) is 18.9. The van der Waals surface area contributed by atoms with Crippen molar-refractivity contribution in [2.75, 3.05) is 13.2 Å². The number of ether oxygens (including phenoxy) is 2. The fourth-order valence-corrected chi connectivity index (χ4v) is 3.92. The number of alkyl halides is 5. The lowest BCUT2D eigenvalue weighted by Gasteiger charge is -2.38. The van der Waals surface area contributed by atoms with Crippen molar-refractivity contribution < 1.29 is 49.8 Å². The minimum atomic E-state index is -4.82. The van der Waals surface area contributed by atoms with E-state index in [1.165, 1.54) is 11.0 Å². The van der Waals surface area contributed by atoms with Crippen LogP contribution in [-0.4, -0.2) is 64.2 Å². The molecule has 2 amide bonds. The number of benzene rings is 1. The Bertz CT molecular complexity index is 1170. The van der Waals surface area contributed by atoms with E-state index in [1.54, 1.807) is 0 Å². The second-order valence-corrected chi connectivity index (χ2v) is 8.74. The molecule has 36 heavy (non-hydrogen) atoms. The second kappa shape index (κ2) is 9.26. The Labute approximate surface area is 199 Å². The molecule has 15 heteroatoms.